The van der Waals surface area contributed by atoms with E-state index in [-0.39, 0.29) is 17.7 Å². The Balaban J connectivity index is 2.35. The minimum atomic E-state index is -0.0783. The third-order valence-corrected chi connectivity index (χ3v) is 3.03. The van der Waals surface area contributed by atoms with Crippen LogP contribution >= 0.6 is 0 Å². The maximum Gasteiger partial charge on any atom is 0.122 e. The Morgan fingerprint density at radius 2 is 2.06 bits per heavy atom. The smallest absolute Gasteiger partial charge is 0.122 e. The lowest BCUT2D eigenvalue weighted by Crippen LogP contribution is -2.59. The van der Waals surface area contributed by atoms with Gasteiger partial charge in [0.15, 0.2) is 0 Å². The van der Waals surface area contributed by atoms with Gasteiger partial charge in [0.05, 0.1) is 0 Å². The number of rotatable bonds is 3. The summed E-state index contributed by atoms with van der Waals surface area (Å²) >= 11 is 0. The minimum Gasteiger partial charge on any atom is -0.346 e. The monoisotopic (exact) mass is 224 g/mol. The molecule has 1 aliphatic heterocycles. The van der Waals surface area contributed by atoms with Crippen LogP contribution in [0.4, 0.5) is 0 Å². The third-order valence-electron chi connectivity index (χ3n) is 3.03. The van der Waals surface area contributed by atoms with Crippen molar-refractivity contribution in [2.75, 3.05) is 13.1 Å². The highest BCUT2D eigenvalue weighted by atomic mass is 16.5. The first-order valence-electron chi connectivity index (χ1n) is 6.05. The molecule has 1 heterocycles. The molecule has 0 radical (unpaired) electrons. The summed E-state index contributed by atoms with van der Waals surface area (Å²) in [6.45, 7) is 10.5. The van der Waals surface area contributed by atoms with E-state index >= 15 is 0 Å². The summed E-state index contributed by atoms with van der Waals surface area (Å²) in [4.78, 5) is 0. The van der Waals surface area contributed by atoms with Crippen LogP contribution in [-0.2, 0) is 4.74 Å². The van der Waals surface area contributed by atoms with Gasteiger partial charge >= 0.3 is 0 Å². The second kappa shape index (κ2) is 5.67. The number of piperazine rings is 1. The Bertz CT molecular complexity index is 244. The standard InChI is InChI=1S/C13H24N2O/c1-6-10(7-2)16-12-9-14-11(8-15-12)13(3,4)5/h1,10-12,14-15H,7-9H2,2-5H3/t10-,11?,12?/m0/s1. The van der Waals surface area contributed by atoms with E-state index in [1.165, 1.54) is 0 Å². The fraction of sp³-hybridized carbons (Fsp3) is 0.846. The van der Waals surface area contributed by atoms with Gasteiger partial charge < -0.3 is 10.1 Å². The second-order valence-corrected chi connectivity index (χ2v) is 5.42. The average Bonchev–Trinajstić information content (AvgIpc) is 2.25. The molecule has 3 heteroatoms. The highest BCUT2D eigenvalue weighted by Crippen LogP contribution is 2.20. The van der Waals surface area contributed by atoms with Gasteiger partial charge in [-0.1, -0.05) is 33.6 Å². The fourth-order valence-electron chi connectivity index (χ4n) is 1.80. The Morgan fingerprint density at radius 3 is 2.44 bits per heavy atom. The van der Waals surface area contributed by atoms with Crippen molar-refractivity contribution < 1.29 is 4.74 Å². The number of terminal acetylenes is 1. The van der Waals surface area contributed by atoms with Gasteiger partial charge in [-0.25, -0.2) is 0 Å². The van der Waals surface area contributed by atoms with Crippen molar-refractivity contribution in [3.8, 4) is 12.3 Å². The molecule has 1 fully saturated rings. The van der Waals surface area contributed by atoms with E-state index in [9.17, 15) is 0 Å². The molecule has 0 aromatic heterocycles. The summed E-state index contributed by atoms with van der Waals surface area (Å²) in [6.07, 6.45) is 6.20. The summed E-state index contributed by atoms with van der Waals surface area (Å²) in [6, 6.07) is 0.485. The molecular formula is C13H24N2O. The molecule has 1 saturated heterocycles. The third kappa shape index (κ3) is 3.79. The molecule has 0 aromatic rings. The number of hydrogen-bond donors (Lipinski definition) is 2. The number of hydrogen-bond acceptors (Lipinski definition) is 3. The van der Waals surface area contributed by atoms with Gasteiger partial charge in [-0.3, -0.25) is 5.32 Å². The van der Waals surface area contributed by atoms with Crippen LogP contribution in [0.15, 0.2) is 0 Å². The van der Waals surface area contributed by atoms with Gasteiger partial charge in [0.1, 0.15) is 12.3 Å². The van der Waals surface area contributed by atoms with Gasteiger partial charge in [-0.05, 0) is 11.8 Å². The first-order chi connectivity index (χ1) is 7.47. The second-order valence-electron chi connectivity index (χ2n) is 5.42. The Labute approximate surface area is 99.3 Å². The summed E-state index contributed by atoms with van der Waals surface area (Å²) in [5.41, 5.74) is 0.272. The molecule has 0 spiro atoms. The van der Waals surface area contributed by atoms with Gasteiger partial charge in [0.2, 0.25) is 0 Å². The van der Waals surface area contributed by atoms with Gasteiger partial charge in [-0.2, -0.15) is 0 Å². The van der Waals surface area contributed by atoms with Crippen LogP contribution < -0.4 is 10.6 Å². The van der Waals surface area contributed by atoms with Crippen molar-refractivity contribution in [1.82, 2.24) is 10.6 Å². The van der Waals surface area contributed by atoms with E-state index in [2.05, 4.69) is 37.3 Å². The molecule has 2 N–H and O–H groups in total. The first kappa shape index (κ1) is 13.5. The van der Waals surface area contributed by atoms with E-state index in [4.69, 9.17) is 11.2 Å². The maximum atomic E-state index is 5.74. The summed E-state index contributed by atoms with van der Waals surface area (Å²) in [7, 11) is 0. The van der Waals surface area contributed by atoms with E-state index in [0.29, 0.717) is 6.04 Å². The first-order valence-corrected chi connectivity index (χ1v) is 6.05. The molecule has 0 amide bonds. The molecular weight excluding hydrogens is 200 g/mol. The van der Waals surface area contributed by atoms with E-state index in [1.54, 1.807) is 0 Å². The lowest BCUT2D eigenvalue weighted by atomic mass is 9.86. The normalized spacial score (nSPS) is 28.4. The molecule has 0 saturated carbocycles. The number of nitrogens with one attached hydrogen (secondary N) is 2. The SMILES string of the molecule is C#C[C@@H](CC)OC1CNC(C(C)(C)C)CN1. The summed E-state index contributed by atoms with van der Waals surface area (Å²) < 4.78 is 5.74. The van der Waals surface area contributed by atoms with E-state index in [0.717, 1.165) is 19.5 Å². The molecule has 92 valence electrons. The molecule has 16 heavy (non-hydrogen) atoms. The zero-order valence-corrected chi connectivity index (χ0v) is 10.8. The maximum absolute atomic E-state index is 5.74. The molecule has 3 nitrogen and oxygen atoms in total. The molecule has 3 atom stereocenters. The molecule has 0 bridgehead atoms. The summed E-state index contributed by atoms with van der Waals surface area (Å²) in [5, 5.41) is 6.90. The van der Waals surface area contributed by atoms with Crippen LogP contribution in [-0.4, -0.2) is 31.5 Å². The molecule has 0 aromatic carbocycles. The predicted molar refractivity (Wildman–Crippen MR) is 67.0 cm³/mol. The van der Waals surface area contributed by atoms with Gasteiger partial charge in [0, 0.05) is 19.1 Å². The van der Waals surface area contributed by atoms with E-state index < -0.39 is 0 Å². The lowest BCUT2D eigenvalue weighted by molar-refractivity contribution is -0.0230. The van der Waals surface area contributed by atoms with Crippen molar-refractivity contribution in [3.63, 3.8) is 0 Å². The van der Waals surface area contributed by atoms with E-state index in [1.807, 2.05) is 6.92 Å². The van der Waals surface area contributed by atoms with Crippen molar-refractivity contribution in [2.45, 2.75) is 52.5 Å². The molecule has 1 aliphatic rings. The Kier molecular flexibility index (Phi) is 4.79. The van der Waals surface area contributed by atoms with Crippen LogP contribution in [0.3, 0.4) is 0 Å². The van der Waals surface area contributed by atoms with Crippen molar-refractivity contribution in [1.29, 1.82) is 0 Å². The van der Waals surface area contributed by atoms with Crippen LogP contribution in [0.5, 0.6) is 0 Å². The minimum absolute atomic E-state index is 0.0413. The quantitative estimate of drug-likeness (QED) is 0.710. The van der Waals surface area contributed by atoms with Crippen LogP contribution in [0.1, 0.15) is 34.1 Å². The largest absolute Gasteiger partial charge is 0.346 e. The highest BCUT2D eigenvalue weighted by Gasteiger charge is 2.29. The van der Waals surface area contributed by atoms with Crippen LogP contribution in [0.2, 0.25) is 0 Å². The molecule has 0 aliphatic carbocycles. The molecule has 2 unspecified atom stereocenters. The Hall–Kier alpha value is -0.560. The highest BCUT2D eigenvalue weighted by molar-refractivity contribution is 4.95. The van der Waals surface area contributed by atoms with Crippen LogP contribution in [0, 0.1) is 17.8 Å². The Morgan fingerprint density at radius 1 is 1.38 bits per heavy atom. The fourth-order valence-corrected chi connectivity index (χ4v) is 1.80. The van der Waals surface area contributed by atoms with Crippen molar-refractivity contribution in [2.24, 2.45) is 5.41 Å². The zero-order chi connectivity index (χ0) is 12.2. The van der Waals surface area contributed by atoms with Gasteiger partial charge in [0.25, 0.3) is 0 Å². The van der Waals surface area contributed by atoms with Crippen molar-refractivity contribution >= 4 is 0 Å². The van der Waals surface area contributed by atoms with Crippen molar-refractivity contribution in [3.05, 3.63) is 0 Å². The molecule has 1 rings (SSSR count). The predicted octanol–water partition coefficient (Wildman–Crippen LogP) is 1.35. The number of ether oxygens (including phenoxy) is 1. The average molecular weight is 224 g/mol. The summed E-state index contributed by atoms with van der Waals surface area (Å²) in [5.74, 6) is 2.65. The zero-order valence-electron chi connectivity index (χ0n) is 10.8. The lowest BCUT2D eigenvalue weighted by Gasteiger charge is -2.39. The topological polar surface area (TPSA) is 33.3 Å². The van der Waals surface area contributed by atoms with Gasteiger partial charge in [-0.15, -0.1) is 6.42 Å². The van der Waals surface area contributed by atoms with Crippen LogP contribution in [0.25, 0.3) is 0 Å².